The normalized spacial score (nSPS) is 24.4. The smallest absolute Gasteiger partial charge is 0.444 e. The molecule has 3 N–H and O–H groups in total. The summed E-state index contributed by atoms with van der Waals surface area (Å²) >= 11 is 0. The number of amides is 2. The first-order valence-electron chi connectivity index (χ1n) is 8.54. The number of rotatable bonds is 4. The molecule has 2 heterocycles. The van der Waals surface area contributed by atoms with E-state index < -0.39 is 18.7 Å². The molecule has 8 nitrogen and oxygen atoms in total. The number of hydrogen-bond donors (Lipinski definition) is 3. The van der Waals surface area contributed by atoms with Crippen LogP contribution < -0.4 is 5.32 Å². The van der Waals surface area contributed by atoms with E-state index in [0.717, 1.165) is 12.8 Å². The SMILES string of the molecule is CC(C)(C)OC(=O)N1CC[C@@H](NCC(=O)N2CCC[C@H]2B(O)O)C1. The number of carbonyl (C=O) groups is 2. The Morgan fingerprint density at radius 3 is 2.58 bits per heavy atom. The molecule has 2 saturated heterocycles. The van der Waals surface area contributed by atoms with Gasteiger partial charge in [0.05, 0.1) is 12.5 Å². The molecule has 2 aliphatic rings. The van der Waals surface area contributed by atoms with Gasteiger partial charge in [0.1, 0.15) is 5.60 Å². The van der Waals surface area contributed by atoms with E-state index in [-0.39, 0.29) is 24.6 Å². The van der Waals surface area contributed by atoms with Crippen LogP contribution >= 0.6 is 0 Å². The van der Waals surface area contributed by atoms with Gasteiger partial charge >= 0.3 is 13.2 Å². The first-order chi connectivity index (χ1) is 11.2. The van der Waals surface area contributed by atoms with Gasteiger partial charge in [-0.2, -0.15) is 0 Å². The van der Waals surface area contributed by atoms with Crippen LogP contribution in [-0.2, 0) is 9.53 Å². The molecule has 0 spiro atoms. The highest BCUT2D eigenvalue weighted by Gasteiger charge is 2.37. The van der Waals surface area contributed by atoms with E-state index in [0.29, 0.717) is 26.1 Å². The molecule has 2 rings (SSSR count). The van der Waals surface area contributed by atoms with E-state index in [4.69, 9.17) is 4.74 Å². The number of hydrogen-bond acceptors (Lipinski definition) is 6. The van der Waals surface area contributed by atoms with E-state index in [9.17, 15) is 19.6 Å². The zero-order valence-electron chi connectivity index (χ0n) is 14.7. The predicted octanol–water partition coefficient (Wildman–Crippen LogP) is -0.412. The maximum Gasteiger partial charge on any atom is 0.475 e. The number of likely N-dealkylation sites (tertiary alicyclic amines) is 2. The van der Waals surface area contributed by atoms with Gasteiger partial charge in [-0.15, -0.1) is 0 Å². The minimum absolute atomic E-state index is 0.0431. The van der Waals surface area contributed by atoms with E-state index in [1.807, 2.05) is 20.8 Å². The van der Waals surface area contributed by atoms with Gasteiger partial charge < -0.3 is 29.9 Å². The van der Waals surface area contributed by atoms with Crippen molar-refractivity contribution in [2.24, 2.45) is 0 Å². The van der Waals surface area contributed by atoms with Crippen LogP contribution in [0.1, 0.15) is 40.0 Å². The van der Waals surface area contributed by atoms with Crippen molar-refractivity contribution >= 4 is 19.1 Å². The van der Waals surface area contributed by atoms with E-state index in [1.54, 1.807) is 4.90 Å². The van der Waals surface area contributed by atoms with Gasteiger partial charge in [-0.05, 0) is 40.0 Å². The Morgan fingerprint density at radius 2 is 1.96 bits per heavy atom. The molecule has 0 radical (unpaired) electrons. The first-order valence-corrected chi connectivity index (χ1v) is 8.54. The summed E-state index contributed by atoms with van der Waals surface area (Å²) in [4.78, 5) is 27.4. The number of nitrogens with one attached hydrogen (secondary N) is 1. The quantitative estimate of drug-likeness (QED) is 0.601. The minimum Gasteiger partial charge on any atom is -0.444 e. The minimum atomic E-state index is -1.49. The highest BCUT2D eigenvalue weighted by Crippen LogP contribution is 2.18. The summed E-state index contributed by atoms with van der Waals surface area (Å²) in [7, 11) is -1.49. The second-order valence-electron chi connectivity index (χ2n) is 7.50. The average molecular weight is 341 g/mol. The van der Waals surface area contributed by atoms with Gasteiger partial charge in [0, 0.05) is 25.7 Å². The Labute approximate surface area is 143 Å². The van der Waals surface area contributed by atoms with Crippen LogP contribution in [0.4, 0.5) is 4.79 Å². The summed E-state index contributed by atoms with van der Waals surface area (Å²) in [5.41, 5.74) is -0.519. The lowest BCUT2D eigenvalue weighted by Gasteiger charge is -2.25. The van der Waals surface area contributed by atoms with Crippen molar-refractivity contribution < 1.29 is 24.4 Å². The molecule has 2 amide bonds. The third kappa shape index (κ3) is 5.09. The molecule has 0 aromatic carbocycles. The van der Waals surface area contributed by atoms with Gasteiger partial charge in [0.2, 0.25) is 5.91 Å². The fourth-order valence-electron chi connectivity index (χ4n) is 3.16. The van der Waals surface area contributed by atoms with Gasteiger partial charge in [-0.25, -0.2) is 4.79 Å². The Bertz CT molecular complexity index is 469. The summed E-state index contributed by atoms with van der Waals surface area (Å²) in [6.45, 7) is 7.29. The van der Waals surface area contributed by atoms with Gasteiger partial charge in [-0.1, -0.05) is 0 Å². The highest BCUT2D eigenvalue weighted by atomic mass is 16.6. The molecule has 2 atom stereocenters. The monoisotopic (exact) mass is 341 g/mol. The number of ether oxygens (including phenoxy) is 1. The maximum atomic E-state index is 12.3. The van der Waals surface area contributed by atoms with Crippen LogP contribution in [0.3, 0.4) is 0 Å². The second kappa shape index (κ2) is 7.71. The van der Waals surface area contributed by atoms with Gasteiger partial charge in [0.15, 0.2) is 0 Å². The molecule has 9 heteroatoms. The summed E-state index contributed by atoms with van der Waals surface area (Å²) in [5, 5.41) is 21.8. The molecule has 2 fully saturated rings. The first kappa shape index (κ1) is 19.0. The lowest BCUT2D eigenvalue weighted by molar-refractivity contribution is -0.130. The summed E-state index contributed by atoms with van der Waals surface area (Å²) in [6.07, 6.45) is 1.82. The van der Waals surface area contributed by atoms with Crippen molar-refractivity contribution in [3.63, 3.8) is 0 Å². The molecule has 2 aliphatic heterocycles. The lowest BCUT2D eigenvalue weighted by Crippen LogP contribution is -2.49. The van der Waals surface area contributed by atoms with Crippen LogP contribution in [0.25, 0.3) is 0 Å². The third-order valence-corrected chi connectivity index (χ3v) is 4.35. The van der Waals surface area contributed by atoms with Crippen molar-refractivity contribution in [3.8, 4) is 0 Å². The summed E-state index contributed by atoms with van der Waals surface area (Å²) in [5.74, 6) is -0.651. The third-order valence-electron chi connectivity index (χ3n) is 4.35. The molecule has 24 heavy (non-hydrogen) atoms. The van der Waals surface area contributed by atoms with E-state index >= 15 is 0 Å². The fraction of sp³-hybridized carbons (Fsp3) is 0.867. The highest BCUT2D eigenvalue weighted by molar-refractivity contribution is 6.43. The van der Waals surface area contributed by atoms with Crippen LogP contribution in [0.2, 0.25) is 0 Å². The van der Waals surface area contributed by atoms with Crippen LogP contribution in [-0.4, -0.2) is 82.7 Å². The molecule has 0 bridgehead atoms. The largest absolute Gasteiger partial charge is 0.475 e. The van der Waals surface area contributed by atoms with Crippen LogP contribution in [0.15, 0.2) is 0 Å². The van der Waals surface area contributed by atoms with Crippen molar-refractivity contribution in [1.82, 2.24) is 15.1 Å². The molecule has 0 saturated carbocycles. The second-order valence-corrected chi connectivity index (χ2v) is 7.50. The Kier molecular flexibility index (Phi) is 6.11. The Balaban J connectivity index is 1.75. The number of carbonyl (C=O) groups excluding carboxylic acids is 2. The topological polar surface area (TPSA) is 102 Å². The fourth-order valence-corrected chi connectivity index (χ4v) is 3.16. The molecular weight excluding hydrogens is 313 g/mol. The summed E-state index contributed by atoms with van der Waals surface area (Å²) < 4.78 is 5.35. The van der Waals surface area contributed by atoms with Crippen molar-refractivity contribution in [1.29, 1.82) is 0 Å². The average Bonchev–Trinajstić information content (AvgIpc) is 3.12. The summed E-state index contributed by atoms with van der Waals surface area (Å²) in [6, 6.07) is 0.0431. The van der Waals surface area contributed by atoms with Gasteiger partial charge in [0.25, 0.3) is 0 Å². The van der Waals surface area contributed by atoms with Crippen molar-refractivity contribution in [2.45, 2.75) is 57.6 Å². The van der Waals surface area contributed by atoms with Crippen LogP contribution in [0.5, 0.6) is 0 Å². The Morgan fingerprint density at radius 1 is 1.25 bits per heavy atom. The molecule has 136 valence electrons. The van der Waals surface area contributed by atoms with Crippen molar-refractivity contribution in [2.75, 3.05) is 26.2 Å². The maximum absolute atomic E-state index is 12.3. The molecule has 0 aliphatic carbocycles. The molecule has 0 aromatic heterocycles. The van der Waals surface area contributed by atoms with E-state index in [1.165, 1.54) is 4.90 Å². The van der Waals surface area contributed by atoms with E-state index in [2.05, 4.69) is 5.32 Å². The molecule has 0 unspecified atom stereocenters. The van der Waals surface area contributed by atoms with Gasteiger partial charge in [-0.3, -0.25) is 4.79 Å². The van der Waals surface area contributed by atoms with Crippen molar-refractivity contribution in [3.05, 3.63) is 0 Å². The predicted molar refractivity (Wildman–Crippen MR) is 89.1 cm³/mol. The zero-order chi connectivity index (χ0) is 17.9. The molecule has 0 aromatic rings. The lowest BCUT2D eigenvalue weighted by atomic mass is 9.78. The van der Waals surface area contributed by atoms with Crippen LogP contribution in [0, 0.1) is 0 Å². The standard InChI is InChI=1S/C15H28BN3O5/c1-15(2,3)24-14(21)18-8-6-11(10-18)17-9-13(20)19-7-4-5-12(19)16(22)23/h11-12,17,22-23H,4-10H2,1-3H3/t11-,12+/m1/s1. The number of nitrogens with zero attached hydrogens (tertiary/aromatic N) is 2. The zero-order valence-corrected chi connectivity index (χ0v) is 14.7. The molecular formula is C15H28BN3O5. The Hall–Kier alpha value is -1.32.